The van der Waals surface area contributed by atoms with E-state index in [4.69, 9.17) is 14.7 Å². The molecule has 1 saturated heterocycles. The minimum absolute atomic E-state index is 0.00746. The molecule has 2 rings (SSSR count). The van der Waals surface area contributed by atoms with Crippen LogP contribution in [0.3, 0.4) is 0 Å². The molecule has 1 aromatic carbocycles. The van der Waals surface area contributed by atoms with Gasteiger partial charge in [0.15, 0.2) is 8.32 Å². The summed E-state index contributed by atoms with van der Waals surface area (Å²) in [6.45, 7) is 10.8. The van der Waals surface area contributed by atoms with Gasteiger partial charge in [-0.25, -0.2) is 4.79 Å². The highest BCUT2D eigenvalue weighted by molar-refractivity contribution is 7.86. The molecule has 1 aliphatic heterocycles. The predicted octanol–water partition coefficient (Wildman–Crippen LogP) is 4.04. The SMILES string of the molecule is CC(C)(C)[Si](C)(C)OC[C@@H]1[C@@H](OC(=O)c2ccccc2)[C@@H](N=[N+]=[N-])CS1=O. The van der Waals surface area contributed by atoms with Crippen LogP contribution in [0.15, 0.2) is 35.4 Å². The van der Waals surface area contributed by atoms with Crippen LogP contribution in [-0.2, 0) is 20.0 Å². The van der Waals surface area contributed by atoms with Crippen molar-refractivity contribution in [2.24, 2.45) is 5.11 Å². The molecule has 1 unspecified atom stereocenters. The zero-order valence-electron chi connectivity index (χ0n) is 16.4. The second-order valence-electron chi connectivity index (χ2n) is 8.17. The highest BCUT2D eigenvalue weighted by atomic mass is 32.2. The highest BCUT2D eigenvalue weighted by Gasteiger charge is 2.46. The molecule has 0 bridgehead atoms. The maximum atomic E-state index is 12.6. The topological polar surface area (TPSA) is 101 Å². The lowest BCUT2D eigenvalue weighted by molar-refractivity contribution is 0.0237. The lowest BCUT2D eigenvalue weighted by Gasteiger charge is -2.37. The van der Waals surface area contributed by atoms with Crippen molar-refractivity contribution in [1.82, 2.24) is 0 Å². The normalized spacial score (nSPS) is 25.7. The molecule has 1 fully saturated rings. The predicted molar refractivity (Wildman–Crippen MR) is 109 cm³/mol. The number of benzene rings is 1. The second-order valence-corrected chi connectivity index (χ2v) is 14.7. The molecule has 0 spiro atoms. The van der Waals surface area contributed by atoms with E-state index in [0.717, 1.165) is 0 Å². The van der Waals surface area contributed by atoms with Crippen LogP contribution in [0.25, 0.3) is 10.4 Å². The van der Waals surface area contributed by atoms with Crippen molar-refractivity contribution in [3.8, 4) is 0 Å². The molecule has 1 aromatic rings. The first kappa shape index (κ1) is 21.6. The monoisotopic (exact) mass is 409 g/mol. The van der Waals surface area contributed by atoms with Crippen LogP contribution in [0, 0.1) is 0 Å². The zero-order valence-corrected chi connectivity index (χ0v) is 18.2. The first-order valence-corrected chi connectivity index (χ1v) is 13.2. The fourth-order valence-electron chi connectivity index (χ4n) is 2.55. The van der Waals surface area contributed by atoms with Crippen molar-refractivity contribution in [3.63, 3.8) is 0 Å². The van der Waals surface area contributed by atoms with Crippen LogP contribution < -0.4 is 0 Å². The van der Waals surface area contributed by atoms with Gasteiger partial charge in [-0.2, -0.15) is 0 Å². The lowest BCUT2D eigenvalue weighted by atomic mass is 10.1. The molecule has 1 heterocycles. The van der Waals surface area contributed by atoms with Crippen molar-refractivity contribution in [2.45, 2.75) is 56.3 Å². The van der Waals surface area contributed by atoms with Crippen molar-refractivity contribution in [1.29, 1.82) is 0 Å². The third-order valence-corrected chi connectivity index (χ3v) is 11.5. The number of hydrogen-bond donors (Lipinski definition) is 0. The molecule has 4 atom stereocenters. The number of ether oxygens (including phenoxy) is 1. The molecule has 0 amide bonds. The van der Waals surface area contributed by atoms with E-state index < -0.39 is 42.5 Å². The number of carbonyl (C=O) groups excluding carboxylic acids is 1. The van der Waals surface area contributed by atoms with E-state index in [1.165, 1.54) is 0 Å². The Morgan fingerprint density at radius 2 is 1.96 bits per heavy atom. The van der Waals surface area contributed by atoms with E-state index in [9.17, 15) is 9.00 Å². The quantitative estimate of drug-likeness (QED) is 0.232. The third kappa shape index (κ3) is 5.19. The number of esters is 1. The summed E-state index contributed by atoms with van der Waals surface area (Å²) in [6.07, 6.45) is -0.765. The highest BCUT2D eigenvalue weighted by Crippen LogP contribution is 2.37. The van der Waals surface area contributed by atoms with Gasteiger partial charge in [0.1, 0.15) is 6.10 Å². The van der Waals surface area contributed by atoms with Gasteiger partial charge < -0.3 is 9.16 Å². The van der Waals surface area contributed by atoms with Gasteiger partial charge in [0.25, 0.3) is 0 Å². The largest absolute Gasteiger partial charge is 0.457 e. The minimum Gasteiger partial charge on any atom is -0.457 e. The van der Waals surface area contributed by atoms with Crippen molar-refractivity contribution in [3.05, 3.63) is 46.3 Å². The summed E-state index contributed by atoms with van der Waals surface area (Å²) >= 11 is 0. The summed E-state index contributed by atoms with van der Waals surface area (Å²) in [6, 6.07) is 7.94. The van der Waals surface area contributed by atoms with E-state index in [-0.39, 0.29) is 17.4 Å². The Morgan fingerprint density at radius 1 is 1.33 bits per heavy atom. The number of carbonyl (C=O) groups is 1. The smallest absolute Gasteiger partial charge is 0.338 e. The molecule has 0 saturated carbocycles. The van der Waals surface area contributed by atoms with E-state index in [1.807, 2.05) is 0 Å². The van der Waals surface area contributed by atoms with E-state index >= 15 is 0 Å². The van der Waals surface area contributed by atoms with Gasteiger partial charge >= 0.3 is 5.97 Å². The molecule has 0 radical (unpaired) electrons. The average Bonchev–Trinajstić information content (AvgIpc) is 2.88. The third-order valence-electron chi connectivity index (χ3n) is 5.29. The molecule has 0 N–H and O–H groups in total. The average molecular weight is 410 g/mol. The Labute approximate surface area is 163 Å². The van der Waals surface area contributed by atoms with Crippen LogP contribution in [0.5, 0.6) is 0 Å². The van der Waals surface area contributed by atoms with Crippen LogP contribution in [0.1, 0.15) is 31.1 Å². The number of rotatable bonds is 6. The summed E-state index contributed by atoms with van der Waals surface area (Å²) in [4.78, 5) is 15.3. The Bertz CT molecular complexity index is 745. The molecular formula is C18H27N3O4SSi. The molecule has 0 aromatic heterocycles. The summed E-state index contributed by atoms with van der Waals surface area (Å²) in [7, 11) is -3.36. The second kappa shape index (κ2) is 8.56. The first-order valence-electron chi connectivity index (χ1n) is 8.88. The van der Waals surface area contributed by atoms with Crippen LogP contribution in [0.2, 0.25) is 18.1 Å². The van der Waals surface area contributed by atoms with Gasteiger partial charge in [-0.3, -0.25) is 4.21 Å². The van der Waals surface area contributed by atoms with E-state index in [1.54, 1.807) is 30.3 Å². The van der Waals surface area contributed by atoms with Gasteiger partial charge in [-0.05, 0) is 35.8 Å². The first-order chi connectivity index (χ1) is 12.6. The Hall–Kier alpha value is -1.67. The Morgan fingerprint density at radius 3 is 2.52 bits per heavy atom. The van der Waals surface area contributed by atoms with Gasteiger partial charge in [0.05, 0.1) is 23.5 Å². The van der Waals surface area contributed by atoms with Crippen LogP contribution in [0.4, 0.5) is 0 Å². The minimum atomic E-state index is -2.05. The van der Waals surface area contributed by atoms with E-state index in [0.29, 0.717) is 5.56 Å². The van der Waals surface area contributed by atoms with Gasteiger partial charge in [0, 0.05) is 21.5 Å². The fraction of sp³-hybridized carbons (Fsp3) is 0.611. The maximum Gasteiger partial charge on any atom is 0.338 e. The van der Waals surface area contributed by atoms with Crippen molar-refractivity contribution in [2.75, 3.05) is 12.4 Å². The number of nitrogens with zero attached hydrogens (tertiary/aromatic N) is 3. The Kier molecular flexibility index (Phi) is 6.86. The van der Waals surface area contributed by atoms with Crippen molar-refractivity contribution < 1.29 is 18.2 Å². The van der Waals surface area contributed by atoms with Crippen molar-refractivity contribution >= 4 is 25.1 Å². The molecule has 0 aliphatic carbocycles. The fourth-order valence-corrected chi connectivity index (χ4v) is 5.29. The summed E-state index contributed by atoms with van der Waals surface area (Å²) in [5.74, 6) is -0.350. The standard InChI is InChI=1S/C18H27N3O4SSi/c1-18(2,3)27(4,5)24-11-15-16(14(20-21-19)12-26(15)23)25-17(22)13-9-7-6-8-10-13/h6-10,14-16H,11-12H2,1-5H3/t14-,15+,16-,26?/m0/s1. The van der Waals surface area contributed by atoms with Crippen LogP contribution >= 0.6 is 0 Å². The molecular weight excluding hydrogens is 382 g/mol. The Balaban J connectivity index is 2.19. The van der Waals surface area contributed by atoms with Gasteiger partial charge in [0.2, 0.25) is 0 Å². The summed E-state index contributed by atoms with van der Waals surface area (Å²) in [5, 5.41) is 3.21. The summed E-state index contributed by atoms with van der Waals surface area (Å²) in [5.41, 5.74) is 9.23. The van der Waals surface area contributed by atoms with E-state index in [2.05, 4.69) is 43.9 Å². The van der Waals surface area contributed by atoms with Crippen LogP contribution in [-0.4, -0.2) is 48.3 Å². The molecule has 148 valence electrons. The van der Waals surface area contributed by atoms with Gasteiger partial charge in [-0.1, -0.05) is 44.1 Å². The maximum absolute atomic E-state index is 12.6. The lowest BCUT2D eigenvalue weighted by Crippen LogP contribution is -2.45. The summed E-state index contributed by atoms with van der Waals surface area (Å²) < 4.78 is 24.5. The number of hydrogen-bond acceptors (Lipinski definition) is 5. The molecule has 1 aliphatic rings. The molecule has 7 nitrogen and oxygen atoms in total. The van der Waals surface area contributed by atoms with Gasteiger partial charge in [-0.15, -0.1) is 0 Å². The zero-order chi connectivity index (χ0) is 20.2. The molecule has 27 heavy (non-hydrogen) atoms. The number of azide groups is 1. The molecule has 9 heteroatoms.